The molecule has 12 heavy (non-hydrogen) atoms. The van der Waals surface area contributed by atoms with Crippen molar-refractivity contribution in [2.75, 3.05) is 0 Å². The molecule has 0 heterocycles. The number of rotatable bonds is 2. The van der Waals surface area contributed by atoms with E-state index in [1.165, 1.54) is 38.5 Å². The fraction of sp³-hybridized carbons (Fsp3) is 1.00. The second-order valence-electron chi connectivity index (χ2n) is 5.25. The van der Waals surface area contributed by atoms with Crippen molar-refractivity contribution in [1.29, 1.82) is 0 Å². The molecule has 0 bridgehead atoms. The molecule has 0 aliphatic heterocycles. The van der Waals surface area contributed by atoms with Gasteiger partial charge in [0.2, 0.25) is 0 Å². The summed E-state index contributed by atoms with van der Waals surface area (Å²) in [6, 6.07) is 1.69. The third kappa shape index (κ3) is 1.82. The maximum absolute atomic E-state index is 3.78. The second kappa shape index (κ2) is 3.02. The third-order valence-corrected chi connectivity index (χ3v) is 3.56. The van der Waals surface area contributed by atoms with Gasteiger partial charge in [0, 0.05) is 12.1 Å². The largest absolute Gasteiger partial charge is 0.311 e. The molecule has 0 saturated heterocycles. The second-order valence-corrected chi connectivity index (χ2v) is 5.25. The van der Waals surface area contributed by atoms with Crippen molar-refractivity contribution in [3.05, 3.63) is 0 Å². The zero-order valence-electron chi connectivity index (χ0n) is 8.40. The molecule has 0 radical (unpaired) electrons. The highest BCUT2D eigenvalue weighted by Gasteiger charge is 2.46. The molecule has 2 aliphatic rings. The van der Waals surface area contributed by atoms with E-state index in [0.29, 0.717) is 5.41 Å². The first-order valence-electron chi connectivity index (χ1n) is 5.44. The zero-order chi connectivity index (χ0) is 8.60. The van der Waals surface area contributed by atoms with Crippen molar-refractivity contribution in [2.24, 2.45) is 5.41 Å². The summed E-state index contributed by atoms with van der Waals surface area (Å²) in [4.78, 5) is 0. The van der Waals surface area contributed by atoms with Gasteiger partial charge in [-0.1, -0.05) is 33.1 Å². The lowest BCUT2D eigenvalue weighted by Gasteiger charge is -2.23. The minimum absolute atomic E-state index is 0.609. The van der Waals surface area contributed by atoms with Gasteiger partial charge in [-0.25, -0.2) is 0 Å². The lowest BCUT2D eigenvalue weighted by molar-refractivity contribution is 0.355. The Kier molecular flexibility index (Phi) is 2.16. The summed E-state index contributed by atoms with van der Waals surface area (Å²) in [6.07, 6.45) is 8.60. The van der Waals surface area contributed by atoms with Crippen LogP contribution < -0.4 is 5.32 Å². The van der Waals surface area contributed by atoms with E-state index in [1.807, 2.05) is 0 Å². The molecule has 0 amide bonds. The molecule has 2 aliphatic carbocycles. The normalized spacial score (nSPS) is 35.0. The van der Waals surface area contributed by atoms with Crippen molar-refractivity contribution >= 4 is 0 Å². The van der Waals surface area contributed by atoms with Crippen molar-refractivity contribution in [1.82, 2.24) is 5.32 Å². The van der Waals surface area contributed by atoms with Gasteiger partial charge in [-0.2, -0.15) is 0 Å². The molecule has 1 N–H and O–H groups in total. The Morgan fingerprint density at radius 3 is 2.17 bits per heavy atom. The molecule has 1 nitrogen and oxygen atoms in total. The van der Waals surface area contributed by atoms with E-state index in [9.17, 15) is 0 Å². The summed E-state index contributed by atoms with van der Waals surface area (Å²) in [6.45, 7) is 4.74. The van der Waals surface area contributed by atoms with Gasteiger partial charge in [0.1, 0.15) is 0 Å². The van der Waals surface area contributed by atoms with Gasteiger partial charge in [0.05, 0.1) is 0 Å². The first kappa shape index (κ1) is 8.55. The molecular formula is C11H21N. The predicted octanol–water partition coefficient (Wildman–Crippen LogP) is 2.71. The van der Waals surface area contributed by atoms with Crippen LogP contribution in [0.2, 0.25) is 0 Å². The monoisotopic (exact) mass is 167 g/mol. The minimum Gasteiger partial charge on any atom is -0.311 e. The number of nitrogens with one attached hydrogen (secondary N) is 1. The summed E-state index contributed by atoms with van der Waals surface area (Å²) in [5, 5.41) is 3.78. The average Bonchev–Trinajstić information content (AvgIpc) is 2.61. The Morgan fingerprint density at radius 2 is 1.67 bits per heavy atom. The van der Waals surface area contributed by atoms with E-state index >= 15 is 0 Å². The van der Waals surface area contributed by atoms with Crippen LogP contribution in [0.3, 0.4) is 0 Å². The molecule has 2 rings (SSSR count). The van der Waals surface area contributed by atoms with Crippen LogP contribution in [0, 0.1) is 5.41 Å². The van der Waals surface area contributed by atoms with Crippen molar-refractivity contribution in [2.45, 2.75) is 64.5 Å². The van der Waals surface area contributed by atoms with Crippen molar-refractivity contribution < 1.29 is 0 Å². The highest BCUT2D eigenvalue weighted by Crippen LogP contribution is 2.45. The fourth-order valence-corrected chi connectivity index (χ4v) is 2.31. The topological polar surface area (TPSA) is 12.0 Å². The minimum atomic E-state index is 0.609. The highest BCUT2D eigenvalue weighted by atomic mass is 15.0. The molecular weight excluding hydrogens is 146 g/mol. The van der Waals surface area contributed by atoms with Crippen LogP contribution in [-0.2, 0) is 0 Å². The van der Waals surface area contributed by atoms with Crippen LogP contribution in [-0.4, -0.2) is 12.1 Å². The quantitative estimate of drug-likeness (QED) is 0.667. The van der Waals surface area contributed by atoms with Gasteiger partial charge < -0.3 is 5.32 Å². The standard InChI is InChI=1S/C11H21N/c1-11(2)8-10(11)12-9-6-4-3-5-7-9/h9-10,12H,3-8H2,1-2H3. The summed E-state index contributed by atoms with van der Waals surface area (Å²) in [5.74, 6) is 0. The molecule has 0 spiro atoms. The molecule has 1 atom stereocenters. The van der Waals surface area contributed by atoms with E-state index in [-0.39, 0.29) is 0 Å². The lowest BCUT2D eigenvalue weighted by atomic mass is 9.95. The van der Waals surface area contributed by atoms with Gasteiger partial charge in [0.25, 0.3) is 0 Å². The van der Waals surface area contributed by atoms with Gasteiger partial charge in [-0.05, 0) is 24.7 Å². The Balaban J connectivity index is 1.73. The van der Waals surface area contributed by atoms with E-state index in [1.54, 1.807) is 0 Å². The van der Waals surface area contributed by atoms with Crippen LogP contribution in [0.5, 0.6) is 0 Å². The van der Waals surface area contributed by atoms with Crippen LogP contribution in [0.25, 0.3) is 0 Å². The van der Waals surface area contributed by atoms with Gasteiger partial charge in [0.15, 0.2) is 0 Å². The first-order chi connectivity index (χ1) is 5.68. The summed E-state index contributed by atoms with van der Waals surface area (Å²) in [5.41, 5.74) is 0.609. The lowest BCUT2D eigenvalue weighted by Crippen LogP contribution is -2.34. The Hall–Kier alpha value is -0.0400. The first-order valence-corrected chi connectivity index (χ1v) is 5.44. The van der Waals surface area contributed by atoms with Crippen molar-refractivity contribution in [3.63, 3.8) is 0 Å². The predicted molar refractivity (Wildman–Crippen MR) is 52.2 cm³/mol. The summed E-state index contributed by atoms with van der Waals surface area (Å²) >= 11 is 0. The van der Waals surface area contributed by atoms with E-state index in [4.69, 9.17) is 0 Å². The van der Waals surface area contributed by atoms with Crippen molar-refractivity contribution in [3.8, 4) is 0 Å². The van der Waals surface area contributed by atoms with Crippen LogP contribution in [0.15, 0.2) is 0 Å². The summed E-state index contributed by atoms with van der Waals surface area (Å²) in [7, 11) is 0. The molecule has 0 aromatic carbocycles. The van der Waals surface area contributed by atoms with Crippen LogP contribution in [0.4, 0.5) is 0 Å². The Morgan fingerprint density at radius 1 is 1.08 bits per heavy atom. The molecule has 2 fully saturated rings. The fourth-order valence-electron chi connectivity index (χ4n) is 2.31. The van der Waals surface area contributed by atoms with Gasteiger partial charge in [-0.3, -0.25) is 0 Å². The smallest absolute Gasteiger partial charge is 0.0127 e. The van der Waals surface area contributed by atoms with E-state index < -0.39 is 0 Å². The maximum atomic E-state index is 3.78. The Bertz CT molecular complexity index is 156. The number of hydrogen-bond acceptors (Lipinski definition) is 1. The Labute approximate surface area is 75.9 Å². The highest BCUT2D eigenvalue weighted by molar-refractivity contribution is 5.02. The maximum Gasteiger partial charge on any atom is 0.0127 e. The van der Waals surface area contributed by atoms with Crippen LogP contribution in [0.1, 0.15) is 52.4 Å². The average molecular weight is 167 g/mol. The molecule has 0 aromatic rings. The molecule has 2 saturated carbocycles. The van der Waals surface area contributed by atoms with Gasteiger partial charge in [-0.15, -0.1) is 0 Å². The molecule has 1 heteroatoms. The van der Waals surface area contributed by atoms with Crippen LogP contribution >= 0.6 is 0 Å². The zero-order valence-corrected chi connectivity index (χ0v) is 8.40. The summed E-state index contributed by atoms with van der Waals surface area (Å²) < 4.78 is 0. The molecule has 70 valence electrons. The van der Waals surface area contributed by atoms with E-state index in [2.05, 4.69) is 19.2 Å². The molecule has 1 unspecified atom stereocenters. The molecule has 0 aromatic heterocycles. The number of hydrogen-bond donors (Lipinski definition) is 1. The SMILES string of the molecule is CC1(C)CC1NC1CCCCC1. The third-order valence-electron chi connectivity index (χ3n) is 3.56. The van der Waals surface area contributed by atoms with E-state index in [0.717, 1.165) is 12.1 Å². The van der Waals surface area contributed by atoms with Gasteiger partial charge >= 0.3 is 0 Å².